The Balaban J connectivity index is 1.66. The van der Waals surface area contributed by atoms with Crippen molar-refractivity contribution < 1.29 is 18.7 Å². The monoisotopic (exact) mass is 466 g/mol. The van der Waals surface area contributed by atoms with Crippen LogP contribution in [0.3, 0.4) is 0 Å². The lowest BCUT2D eigenvalue weighted by molar-refractivity contribution is -0.122. The summed E-state index contributed by atoms with van der Waals surface area (Å²) in [6.07, 6.45) is -0.709. The van der Waals surface area contributed by atoms with Crippen LogP contribution in [0, 0.1) is 11.6 Å². The molecule has 3 aromatic carbocycles. The number of carbonyl (C=O) groups is 1. The molecule has 4 nitrogen and oxygen atoms in total. The third-order valence-electron chi connectivity index (χ3n) is 5.73. The van der Waals surface area contributed by atoms with E-state index in [-0.39, 0.29) is 25.3 Å². The number of rotatable bonds is 11. The second-order valence-corrected chi connectivity index (χ2v) is 8.91. The van der Waals surface area contributed by atoms with Crippen molar-refractivity contribution in [1.82, 2.24) is 10.6 Å². The van der Waals surface area contributed by atoms with Gasteiger partial charge in [-0.15, -0.1) is 0 Å². The summed E-state index contributed by atoms with van der Waals surface area (Å²) >= 11 is 0. The average Bonchev–Trinajstić information content (AvgIpc) is 2.79. The maximum atomic E-state index is 13.7. The lowest BCUT2D eigenvalue weighted by Gasteiger charge is -2.25. The summed E-state index contributed by atoms with van der Waals surface area (Å²) in [5.41, 5.74) is 3.47. The minimum absolute atomic E-state index is 0.0981. The highest BCUT2D eigenvalue weighted by Gasteiger charge is 2.22. The maximum Gasteiger partial charge on any atom is 0.224 e. The fourth-order valence-electron chi connectivity index (χ4n) is 3.83. The van der Waals surface area contributed by atoms with Gasteiger partial charge in [-0.05, 0) is 46.7 Å². The van der Waals surface area contributed by atoms with Crippen molar-refractivity contribution in [2.75, 3.05) is 6.54 Å². The molecule has 3 rings (SSSR count). The van der Waals surface area contributed by atoms with Crippen LogP contribution in [0.2, 0.25) is 0 Å². The van der Waals surface area contributed by atoms with Gasteiger partial charge in [0.1, 0.15) is 11.6 Å². The van der Waals surface area contributed by atoms with Gasteiger partial charge in [-0.1, -0.05) is 68.4 Å². The largest absolute Gasteiger partial charge is 0.390 e. The van der Waals surface area contributed by atoms with Crippen LogP contribution in [0.5, 0.6) is 0 Å². The first-order valence-electron chi connectivity index (χ1n) is 11.6. The van der Waals surface area contributed by atoms with Gasteiger partial charge in [-0.2, -0.15) is 0 Å². The van der Waals surface area contributed by atoms with E-state index in [9.17, 15) is 18.7 Å². The van der Waals surface area contributed by atoms with Gasteiger partial charge in [-0.3, -0.25) is 4.79 Å². The number of carbonyl (C=O) groups excluding carboxylic acids is 1. The minimum atomic E-state index is -0.956. The Morgan fingerprint density at radius 2 is 1.53 bits per heavy atom. The molecule has 0 aliphatic heterocycles. The summed E-state index contributed by atoms with van der Waals surface area (Å²) in [7, 11) is 0. The molecule has 0 radical (unpaired) electrons. The van der Waals surface area contributed by atoms with E-state index in [0.717, 1.165) is 17.2 Å². The second kappa shape index (κ2) is 12.4. The molecule has 0 bridgehead atoms. The van der Waals surface area contributed by atoms with Gasteiger partial charge in [0.2, 0.25) is 5.91 Å². The predicted octanol–water partition coefficient (Wildman–Crippen LogP) is 4.51. The number of nitrogens with one attached hydrogen (secondary N) is 2. The normalized spacial score (nSPS) is 13.0. The standard InChI is InChI=1S/C28H32F2N2O2/c1-19(2)23-10-8-20(9-11-23)15-28(34)32-26(14-22-12-24(29)16-25(30)13-22)27(33)18-31-17-21-6-4-3-5-7-21/h3-13,16,19,26-27,31,33H,14-15,17-18H2,1-2H3,(H,32,34). The van der Waals surface area contributed by atoms with Crippen LogP contribution in [0.1, 0.15) is 42.0 Å². The van der Waals surface area contributed by atoms with E-state index >= 15 is 0 Å². The second-order valence-electron chi connectivity index (χ2n) is 8.91. The molecule has 0 saturated carbocycles. The first-order valence-corrected chi connectivity index (χ1v) is 11.6. The first kappa shape index (κ1) is 25.5. The summed E-state index contributed by atoms with van der Waals surface area (Å²) in [4.78, 5) is 12.8. The van der Waals surface area contributed by atoms with E-state index in [4.69, 9.17) is 0 Å². The Kier molecular flexibility index (Phi) is 9.31. The number of halogens is 2. The van der Waals surface area contributed by atoms with Gasteiger partial charge in [0, 0.05) is 19.2 Å². The number of aliphatic hydroxyl groups is 1. The third-order valence-corrected chi connectivity index (χ3v) is 5.73. The van der Waals surface area contributed by atoms with Gasteiger partial charge in [-0.25, -0.2) is 8.78 Å². The molecule has 0 saturated heterocycles. The van der Waals surface area contributed by atoms with Gasteiger partial charge in [0.15, 0.2) is 0 Å². The quantitative estimate of drug-likeness (QED) is 0.390. The maximum absolute atomic E-state index is 13.7. The molecule has 3 aromatic rings. The Labute approximate surface area is 200 Å². The summed E-state index contributed by atoms with van der Waals surface area (Å²) in [5, 5.41) is 16.9. The lowest BCUT2D eigenvalue weighted by atomic mass is 9.99. The minimum Gasteiger partial charge on any atom is -0.390 e. The van der Waals surface area contributed by atoms with Crippen molar-refractivity contribution >= 4 is 5.91 Å². The Bertz CT molecular complexity index is 1040. The van der Waals surface area contributed by atoms with Gasteiger partial charge in [0.05, 0.1) is 18.6 Å². The third kappa shape index (κ3) is 8.04. The molecule has 34 heavy (non-hydrogen) atoms. The van der Waals surface area contributed by atoms with Crippen molar-refractivity contribution in [3.05, 3.63) is 107 Å². The van der Waals surface area contributed by atoms with Crippen LogP contribution in [-0.4, -0.2) is 29.7 Å². The molecule has 2 atom stereocenters. The van der Waals surface area contributed by atoms with Crippen molar-refractivity contribution in [3.63, 3.8) is 0 Å². The molecule has 6 heteroatoms. The SMILES string of the molecule is CC(C)c1ccc(CC(=O)NC(Cc2cc(F)cc(F)c2)C(O)CNCc2ccccc2)cc1. The molecule has 0 aromatic heterocycles. The van der Waals surface area contributed by atoms with Crippen molar-refractivity contribution in [1.29, 1.82) is 0 Å². The van der Waals surface area contributed by atoms with Crippen molar-refractivity contribution in [3.8, 4) is 0 Å². The zero-order valence-corrected chi connectivity index (χ0v) is 19.6. The molecule has 0 fully saturated rings. The zero-order valence-electron chi connectivity index (χ0n) is 19.6. The van der Waals surface area contributed by atoms with E-state index in [1.165, 1.54) is 17.7 Å². The van der Waals surface area contributed by atoms with Gasteiger partial charge >= 0.3 is 0 Å². The highest BCUT2D eigenvalue weighted by molar-refractivity contribution is 5.79. The van der Waals surface area contributed by atoms with Gasteiger partial charge < -0.3 is 15.7 Å². The molecule has 0 aliphatic rings. The first-order chi connectivity index (χ1) is 16.3. The molecular weight excluding hydrogens is 434 g/mol. The Hall–Kier alpha value is -3.09. The highest BCUT2D eigenvalue weighted by atomic mass is 19.1. The molecule has 2 unspecified atom stereocenters. The highest BCUT2D eigenvalue weighted by Crippen LogP contribution is 2.16. The van der Waals surface area contributed by atoms with Crippen molar-refractivity contribution in [2.24, 2.45) is 0 Å². The number of hydrogen-bond donors (Lipinski definition) is 3. The number of hydrogen-bond acceptors (Lipinski definition) is 3. The van der Waals surface area contributed by atoms with E-state index in [1.807, 2.05) is 54.6 Å². The Morgan fingerprint density at radius 1 is 0.882 bits per heavy atom. The molecule has 3 N–H and O–H groups in total. The lowest BCUT2D eigenvalue weighted by Crippen LogP contribution is -2.49. The van der Waals surface area contributed by atoms with E-state index in [1.54, 1.807) is 0 Å². The topological polar surface area (TPSA) is 61.4 Å². The number of aliphatic hydroxyl groups excluding tert-OH is 1. The molecule has 0 spiro atoms. The van der Waals surface area contributed by atoms with Crippen LogP contribution >= 0.6 is 0 Å². The van der Waals surface area contributed by atoms with Crippen LogP contribution in [0.25, 0.3) is 0 Å². The zero-order chi connectivity index (χ0) is 24.5. The van der Waals surface area contributed by atoms with E-state index in [2.05, 4.69) is 24.5 Å². The molecular formula is C28H32F2N2O2. The van der Waals surface area contributed by atoms with Crippen LogP contribution in [0.4, 0.5) is 8.78 Å². The van der Waals surface area contributed by atoms with Crippen molar-refractivity contribution in [2.45, 2.75) is 51.3 Å². The summed E-state index contributed by atoms with van der Waals surface area (Å²) in [5.74, 6) is -1.25. The van der Waals surface area contributed by atoms with Crippen LogP contribution in [0.15, 0.2) is 72.8 Å². The van der Waals surface area contributed by atoms with E-state index < -0.39 is 23.8 Å². The molecule has 180 valence electrons. The average molecular weight is 467 g/mol. The van der Waals surface area contributed by atoms with E-state index in [0.29, 0.717) is 18.0 Å². The molecule has 0 aliphatic carbocycles. The van der Waals surface area contributed by atoms with Crippen LogP contribution in [-0.2, 0) is 24.2 Å². The van der Waals surface area contributed by atoms with Gasteiger partial charge in [0.25, 0.3) is 0 Å². The Morgan fingerprint density at radius 3 is 2.15 bits per heavy atom. The fraction of sp³-hybridized carbons (Fsp3) is 0.321. The number of benzene rings is 3. The molecule has 0 heterocycles. The molecule has 1 amide bonds. The summed E-state index contributed by atoms with van der Waals surface area (Å²) in [6.45, 7) is 4.97. The van der Waals surface area contributed by atoms with Crippen LogP contribution < -0.4 is 10.6 Å². The summed E-state index contributed by atoms with van der Waals surface area (Å²) in [6, 6.07) is 20.1. The predicted molar refractivity (Wildman–Crippen MR) is 130 cm³/mol. The fourth-order valence-corrected chi connectivity index (χ4v) is 3.83. The summed E-state index contributed by atoms with van der Waals surface area (Å²) < 4.78 is 27.4. The number of amides is 1. The smallest absolute Gasteiger partial charge is 0.224 e.